The molecule has 2 amide bonds. The van der Waals surface area contributed by atoms with Crippen LogP contribution >= 0.6 is 0 Å². The molecular weight excluding hydrogens is 458 g/mol. The van der Waals surface area contributed by atoms with Gasteiger partial charge in [0.1, 0.15) is 5.75 Å². The molecule has 2 aliphatic heterocycles. The lowest BCUT2D eigenvalue weighted by Crippen LogP contribution is -2.48. The Labute approximate surface area is 213 Å². The van der Waals surface area contributed by atoms with Gasteiger partial charge in [-0.25, -0.2) is 0 Å². The number of piperidine rings is 1. The van der Waals surface area contributed by atoms with E-state index in [0.717, 1.165) is 49.5 Å². The van der Waals surface area contributed by atoms with Crippen molar-refractivity contribution in [3.05, 3.63) is 53.1 Å². The maximum absolute atomic E-state index is 13.5. The van der Waals surface area contributed by atoms with Crippen LogP contribution in [0.3, 0.4) is 0 Å². The predicted octanol–water partition coefficient (Wildman–Crippen LogP) is 3.30. The average Bonchev–Trinajstić information content (AvgIpc) is 2.92. The van der Waals surface area contributed by atoms with Crippen molar-refractivity contribution >= 4 is 11.8 Å². The number of likely N-dealkylation sites (tertiary alicyclic amines) is 1. The van der Waals surface area contributed by atoms with E-state index in [-0.39, 0.29) is 23.7 Å². The number of ether oxygens (including phenoxy) is 3. The molecule has 2 aromatic rings. The summed E-state index contributed by atoms with van der Waals surface area (Å²) in [4.78, 5) is 30.2. The quantitative estimate of drug-likeness (QED) is 0.605. The van der Waals surface area contributed by atoms with E-state index in [1.165, 1.54) is 5.56 Å². The van der Waals surface area contributed by atoms with Gasteiger partial charge in [0.2, 0.25) is 5.91 Å². The zero-order valence-electron chi connectivity index (χ0n) is 21.7. The molecule has 0 aliphatic carbocycles. The van der Waals surface area contributed by atoms with E-state index in [9.17, 15) is 9.59 Å². The van der Waals surface area contributed by atoms with Crippen LogP contribution in [-0.4, -0.2) is 75.7 Å². The minimum atomic E-state index is -0.102. The van der Waals surface area contributed by atoms with Gasteiger partial charge in [-0.05, 0) is 72.8 Å². The first-order valence-electron chi connectivity index (χ1n) is 12.6. The molecule has 0 bridgehead atoms. The number of hydrogen-bond donors (Lipinski definition) is 1. The van der Waals surface area contributed by atoms with Crippen LogP contribution < -0.4 is 19.5 Å². The Hall–Kier alpha value is -3.26. The van der Waals surface area contributed by atoms with Crippen LogP contribution in [0.5, 0.6) is 17.2 Å². The van der Waals surface area contributed by atoms with Crippen molar-refractivity contribution in [1.29, 1.82) is 0 Å². The summed E-state index contributed by atoms with van der Waals surface area (Å²) in [6.45, 7) is 6.38. The van der Waals surface area contributed by atoms with Gasteiger partial charge in [-0.2, -0.15) is 0 Å². The fourth-order valence-corrected chi connectivity index (χ4v) is 5.29. The maximum Gasteiger partial charge on any atom is 0.251 e. The highest BCUT2D eigenvalue weighted by molar-refractivity contribution is 5.94. The summed E-state index contributed by atoms with van der Waals surface area (Å²) in [6, 6.07) is 11.1. The lowest BCUT2D eigenvalue weighted by molar-refractivity contribution is -0.138. The van der Waals surface area contributed by atoms with Gasteiger partial charge in [0, 0.05) is 38.3 Å². The second-order valence-corrected chi connectivity index (χ2v) is 9.65. The van der Waals surface area contributed by atoms with E-state index in [2.05, 4.69) is 17.1 Å². The molecule has 0 radical (unpaired) electrons. The molecule has 0 saturated carbocycles. The molecule has 8 nitrogen and oxygen atoms in total. The van der Waals surface area contributed by atoms with Crippen LogP contribution in [0.1, 0.15) is 47.2 Å². The van der Waals surface area contributed by atoms with Gasteiger partial charge in [0.05, 0.1) is 27.2 Å². The number of carbonyl (C=O) groups excluding carboxylic acids is 2. The lowest BCUT2D eigenvalue weighted by Gasteiger charge is -2.38. The van der Waals surface area contributed by atoms with Crippen LogP contribution in [0.25, 0.3) is 0 Å². The van der Waals surface area contributed by atoms with Crippen LogP contribution in [0.4, 0.5) is 0 Å². The molecule has 2 aromatic carbocycles. The fraction of sp³-hybridized carbons (Fsp3) is 0.500. The number of hydrogen-bond acceptors (Lipinski definition) is 6. The zero-order valence-corrected chi connectivity index (χ0v) is 21.7. The van der Waals surface area contributed by atoms with E-state index in [1.54, 1.807) is 45.6 Å². The summed E-state index contributed by atoms with van der Waals surface area (Å²) >= 11 is 0. The predicted molar refractivity (Wildman–Crippen MR) is 138 cm³/mol. The summed E-state index contributed by atoms with van der Waals surface area (Å²) in [5.74, 6) is 2.46. The summed E-state index contributed by atoms with van der Waals surface area (Å²) < 4.78 is 16.1. The minimum absolute atomic E-state index is 0.0232. The SMILES string of the molecule is COc1ccc(C(=O)NCCN2CCCC(C(=O)N3Cc4cc(OC)c(OC)cc4C(C)C3)C2)cc1. The molecule has 36 heavy (non-hydrogen) atoms. The van der Waals surface area contributed by atoms with Crippen molar-refractivity contribution in [1.82, 2.24) is 15.1 Å². The van der Waals surface area contributed by atoms with Gasteiger partial charge in [0.25, 0.3) is 5.91 Å². The molecule has 1 fully saturated rings. The third-order valence-electron chi connectivity index (χ3n) is 7.26. The van der Waals surface area contributed by atoms with Crippen LogP contribution in [0.15, 0.2) is 36.4 Å². The molecule has 4 rings (SSSR count). The number of benzene rings is 2. The van der Waals surface area contributed by atoms with Crippen LogP contribution in [0, 0.1) is 5.92 Å². The lowest BCUT2D eigenvalue weighted by atomic mass is 9.88. The van der Waals surface area contributed by atoms with Gasteiger partial charge in [-0.3, -0.25) is 9.59 Å². The molecule has 1 saturated heterocycles. The van der Waals surface area contributed by atoms with Gasteiger partial charge < -0.3 is 29.3 Å². The monoisotopic (exact) mass is 495 g/mol. The molecule has 0 aromatic heterocycles. The van der Waals surface area contributed by atoms with Gasteiger partial charge in [-0.15, -0.1) is 0 Å². The van der Waals surface area contributed by atoms with Gasteiger partial charge >= 0.3 is 0 Å². The number of nitrogens with one attached hydrogen (secondary N) is 1. The largest absolute Gasteiger partial charge is 0.497 e. The van der Waals surface area contributed by atoms with Crippen molar-refractivity contribution in [2.24, 2.45) is 5.92 Å². The normalized spacial score (nSPS) is 19.8. The van der Waals surface area contributed by atoms with Crippen LogP contribution in [-0.2, 0) is 11.3 Å². The summed E-state index contributed by atoms with van der Waals surface area (Å²) in [7, 11) is 4.88. The smallest absolute Gasteiger partial charge is 0.251 e. The molecule has 1 N–H and O–H groups in total. The second-order valence-electron chi connectivity index (χ2n) is 9.65. The molecule has 8 heteroatoms. The Balaban J connectivity index is 1.31. The topological polar surface area (TPSA) is 80.3 Å². The Morgan fingerprint density at radius 1 is 1.00 bits per heavy atom. The number of methoxy groups -OCH3 is 3. The molecule has 194 valence electrons. The third kappa shape index (κ3) is 5.75. The molecule has 2 atom stereocenters. The molecular formula is C28H37N3O5. The molecule has 2 unspecified atom stereocenters. The zero-order chi connectivity index (χ0) is 25.7. The van der Waals surface area contributed by atoms with Crippen molar-refractivity contribution in [2.45, 2.75) is 32.2 Å². The highest BCUT2D eigenvalue weighted by Crippen LogP contribution is 2.38. The van der Waals surface area contributed by atoms with Gasteiger partial charge in [0.15, 0.2) is 11.5 Å². The first kappa shape index (κ1) is 25.8. The Morgan fingerprint density at radius 3 is 2.42 bits per heavy atom. The third-order valence-corrected chi connectivity index (χ3v) is 7.26. The highest BCUT2D eigenvalue weighted by atomic mass is 16.5. The first-order chi connectivity index (χ1) is 17.4. The second kappa shape index (κ2) is 11.6. The van der Waals surface area contributed by atoms with E-state index in [4.69, 9.17) is 14.2 Å². The van der Waals surface area contributed by atoms with Crippen molar-refractivity contribution < 1.29 is 23.8 Å². The van der Waals surface area contributed by atoms with Crippen molar-refractivity contribution in [3.8, 4) is 17.2 Å². The highest BCUT2D eigenvalue weighted by Gasteiger charge is 2.33. The summed E-state index contributed by atoms with van der Waals surface area (Å²) in [6.07, 6.45) is 1.88. The first-order valence-corrected chi connectivity index (χ1v) is 12.6. The number of nitrogens with zero attached hydrogens (tertiary/aromatic N) is 2. The van der Waals surface area contributed by atoms with E-state index >= 15 is 0 Å². The van der Waals surface area contributed by atoms with Crippen molar-refractivity contribution in [3.63, 3.8) is 0 Å². The molecule has 2 heterocycles. The van der Waals surface area contributed by atoms with E-state index in [1.807, 2.05) is 17.0 Å². The Kier molecular flexibility index (Phi) is 8.36. The summed E-state index contributed by atoms with van der Waals surface area (Å²) in [5.41, 5.74) is 2.94. The molecule has 2 aliphatic rings. The number of carbonyl (C=O) groups is 2. The molecule has 0 spiro atoms. The number of amides is 2. The minimum Gasteiger partial charge on any atom is -0.497 e. The fourth-order valence-electron chi connectivity index (χ4n) is 5.29. The van der Waals surface area contributed by atoms with E-state index < -0.39 is 0 Å². The number of fused-ring (bicyclic) bond motifs is 1. The maximum atomic E-state index is 13.5. The van der Waals surface area contributed by atoms with E-state index in [0.29, 0.717) is 30.9 Å². The van der Waals surface area contributed by atoms with Crippen molar-refractivity contribution in [2.75, 3.05) is 54.1 Å². The average molecular weight is 496 g/mol. The van der Waals surface area contributed by atoms with Gasteiger partial charge in [-0.1, -0.05) is 6.92 Å². The summed E-state index contributed by atoms with van der Waals surface area (Å²) in [5, 5.41) is 2.99. The Bertz CT molecular complexity index is 1070. The standard InChI is InChI=1S/C28H37N3O5/c1-19-16-31(18-22-14-25(35-3)26(36-4)15-24(19)22)28(33)21-6-5-12-30(17-21)13-11-29-27(32)20-7-9-23(34-2)10-8-20/h7-10,14-15,19,21H,5-6,11-13,16-18H2,1-4H3,(H,29,32). The Morgan fingerprint density at radius 2 is 1.72 bits per heavy atom. The van der Waals surface area contributed by atoms with Crippen LogP contribution in [0.2, 0.25) is 0 Å². The number of rotatable bonds is 8.